The summed E-state index contributed by atoms with van der Waals surface area (Å²) in [5.41, 5.74) is 0.772. The summed E-state index contributed by atoms with van der Waals surface area (Å²) in [5, 5.41) is 7.74. The maximum atomic E-state index is 12.1. The first-order chi connectivity index (χ1) is 12.5. The summed E-state index contributed by atoms with van der Waals surface area (Å²) >= 11 is 11.7. The number of aromatic nitrogens is 2. The van der Waals surface area contributed by atoms with Gasteiger partial charge in [-0.05, 0) is 49.4 Å². The molecule has 6 nitrogen and oxygen atoms in total. The van der Waals surface area contributed by atoms with Crippen molar-refractivity contribution in [1.29, 1.82) is 0 Å². The molecule has 0 bridgehead atoms. The number of nitrogens with zero attached hydrogens (tertiary/aromatic N) is 2. The maximum Gasteiger partial charge on any atom is 0.261 e. The van der Waals surface area contributed by atoms with E-state index in [1.165, 1.54) is 0 Å². The second-order valence-electron chi connectivity index (χ2n) is 5.45. The summed E-state index contributed by atoms with van der Waals surface area (Å²) in [7, 11) is 0. The Kier molecular flexibility index (Phi) is 5.75. The average Bonchev–Trinajstić information content (AvgIpc) is 3.09. The highest BCUT2D eigenvalue weighted by Crippen LogP contribution is 2.19. The lowest BCUT2D eigenvalue weighted by atomic mass is 10.2. The summed E-state index contributed by atoms with van der Waals surface area (Å²) < 4.78 is 10.7. The van der Waals surface area contributed by atoms with Crippen LogP contribution in [0.1, 0.15) is 12.8 Å². The fourth-order valence-corrected chi connectivity index (χ4v) is 2.45. The van der Waals surface area contributed by atoms with E-state index in [-0.39, 0.29) is 12.5 Å². The third-order valence-electron chi connectivity index (χ3n) is 3.46. The number of benzene rings is 2. The lowest BCUT2D eigenvalue weighted by Gasteiger charge is -2.14. The van der Waals surface area contributed by atoms with Gasteiger partial charge in [-0.3, -0.25) is 4.79 Å². The SMILES string of the molecule is C[C@H](Oc1cccc(Cl)c1)C(=O)NCc1nc(-c2ccc(Cl)cc2)no1. The van der Waals surface area contributed by atoms with Gasteiger partial charge in [0.1, 0.15) is 5.75 Å². The predicted octanol–water partition coefficient (Wildman–Crippen LogP) is 4.13. The largest absolute Gasteiger partial charge is 0.481 e. The smallest absolute Gasteiger partial charge is 0.261 e. The first-order valence-corrected chi connectivity index (χ1v) is 8.55. The molecule has 1 atom stereocenters. The van der Waals surface area contributed by atoms with E-state index < -0.39 is 6.10 Å². The molecule has 0 fully saturated rings. The quantitative estimate of drug-likeness (QED) is 0.683. The van der Waals surface area contributed by atoms with Gasteiger partial charge in [0.25, 0.3) is 5.91 Å². The first-order valence-electron chi connectivity index (χ1n) is 7.80. The summed E-state index contributed by atoms with van der Waals surface area (Å²) in [5.74, 6) is 0.923. The third-order valence-corrected chi connectivity index (χ3v) is 3.95. The molecule has 26 heavy (non-hydrogen) atoms. The number of hydrogen-bond donors (Lipinski definition) is 1. The molecule has 1 N–H and O–H groups in total. The minimum atomic E-state index is -0.702. The highest BCUT2D eigenvalue weighted by Gasteiger charge is 2.16. The molecule has 1 heterocycles. The number of carbonyl (C=O) groups excluding carboxylic acids is 1. The second-order valence-corrected chi connectivity index (χ2v) is 6.33. The number of halogens is 2. The number of carbonyl (C=O) groups is 1. The molecule has 0 saturated carbocycles. The van der Waals surface area contributed by atoms with Gasteiger partial charge in [0.05, 0.1) is 6.54 Å². The van der Waals surface area contributed by atoms with E-state index in [2.05, 4.69) is 15.5 Å². The van der Waals surface area contributed by atoms with Crippen LogP contribution in [0.25, 0.3) is 11.4 Å². The Hall–Kier alpha value is -2.57. The van der Waals surface area contributed by atoms with Crippen molar-refractivity contribution >= 4 is 29.1 Å². The monoisotopic (exact) mass is 391 g/mol. The minimum absolute atomic E-state index is 0.0999. The molecule has 0 saturated heterocycles. The van der Waals surface area contributed by atoms with Gasteiger partial charge in [-0.1, -0.05) is 34.4 Å². The van der Waals surface area contributed by atoms with E-state index in [9.17, 15) is 4.79 Å². The molecule has 1 amide bonds. The highest BCUT2D eigenvalue weighted by atomic mass is 35.5. The molecule has 0 aliphatic rings. The van der Waals surface area contributed by atoms with Crippen LogP contribution in [0.3, 0.4) is 0 Å². The van der Waals surface area contributed by atoms with Gasteiger partial charge in [0.15, 0.2) is 6.10 Å². The Morgan fingerprint density at radius 2 is 1.96 bits per heavy atom. The second kappa shape index (κ2) is 8.21. The number of nitrogens with one attached hydrogen (secondary N) is 1. The zero-order valence-corrected chi connectivity index (χ0v) is 15.3. The summed E-state index contributed by atoms with van der Waals surface area (Å²) in [6, 6.07) is 13.9. The van der Waals surface area contributed by atoms with Gasteiger partial charge in [-0.2, -0.15) is 4.98 Å². The van der Waals surface area contributed by atoms with Gasteiger partial charge >= 0.3 is 0 Å². The Morgan fingerprint density at radius 1 is 1.19 bits per heavy atom. The number of hydrogen-bond acceptors (Lipinski definition) is 5. The van der Waals surface area contributed by atoms with Crippen molar-refractivity contribution in [3.63, 3.8) is 0 Å². The molecule has 3 aromatic rings. The normalized spacial score (nSPS) is 11.8. The van der Waals surface area contributed by atoms with Gasteiger partial charge in [0, 0.05) is 15.6 Å². The molecule has 0 radical (unpaired) electrons. The fraction of sp³-hybridized carbons (Fsp3) is 0.167. The Bertz CT molecular complexity index is 897. The predicted molar refractivity (Wildman–Crippen MR) is 98.1 cm³/mol. The van der Waals surface area contributed by atoms with Crippen LogP contribution in [0.5, 0.6) is 5.75 Å². The van der Waals surface area contributed by atoms with Crippen molar-refractivity contribution in [2.24, 2.45) is 0 Å². The zero-order valence-electron chi connectivity index (χ0n) is 13.8. The van der Waals surface area contributed by atoms with Crippen molar-refractivity contribution in [1.82, 2.24) is 15.5 Å². The number of rotatable bonds is 6. The van der Waals surface area contributed by atoms with Crippen LogP contribution in [0.15, 0.2) is 53.1 Å². The van der Waals surface area contributed by atoms with Crippen LogP contribution in [-0.2, 0) is 11.3 Å². The van der Waals surface area contributed by atoms with Crippen LogP contribution in [-0.4, -0.2) is 22.2 Å². The van der Waals surface area contributed by atoms with Gasteiger partial charge < -0.3 is 14.6 Å². The topological polar surface area (TPSA) is 77.2 Å². The lowest BCUT2D eigenvalue weighted by Crippen LogP contribution is -2.35. The number of ether oxygens (including phenoxy) is 1. The van der Waals surface area contributed by atoms with Crippen LogP contribution in [0.2, 0.25) is 10.0 Å². The molecule has 1 aromatic heterocycles. The molecule has 2 aromatic carbocycles. The molecule has 0 unspecified atom stereocenters. The standard InChI is InChI=1S/C18H15Cl2N3O3/c1-11(25-15-4-2-3-14(20)9-15)18(24)21-10-16-22-17(23-26-16)12-5-7-13(19)8-6-12/h2-9,11H,10H2,1H3,(H,21,24)/t11-/m0/s1. The summed E-state index contributed by atoms with van der Waals surface area (Å²) in [6.07, 6.45) is -0.702. The average molecular weight is 392 g/mol. The molecule has 0 spiro atoms. The van der Waals surface area contributed by atoms with E-state index >= 15 is 0 Å². The van der Waals surface area contributed by atoms with E-state index in [0.717, 1.165) is 5.56 Å². The minimum Gasteiger partial charge on any atom is -0.481 e. The lowest BCUT2D eigenvalue weighted by molar-refractivity contribution is -0.127. The molecule has 8 heteroatoms. The zero-order chi connectivity index (χ0) is 18.5. The van der Waals surface area contributed by atoms with Gasteiger partial charge in [0.2, 0.25) is 11.7 Å². The third kappa shape index (κ3) is 4.74. The molecule has 0 aliphatic carbocycles. The van der Waals surface area contributed by atoms with Gasteiger partial charge in [-0.15, -0.1) is 0 Å². The summed E-state index contributed by atoms with van der Waals surface area (Å²) in [4.78, 5) is 16.4. The Morgan fingerprint density at radius 3 is 2.69 bits per heavy atom. The number of amides is 1. The van der Waals surface area contributed by atoms with Crippen LogP contribution >= 0.6 is 23.2 Å². The van der Waals surface area contributed by atoms with Crippen LogP contribution in [0.4, 0.5) is 0 Å². The van der Waals surface area contributed by atoms with Crippen molar-refractivity contribution in [2.75, 3.05) is 0 Å². The molecule has 134 valence electrons. The van der Waals surface area contributed by atoms with E-state index in [0.29, 0.717) is 27.5 Å². The van der Waals surface area contributed by atoms with Crippen LogP contribution in [0, 0.1) is 0 Å². The van der Waals surface area contributed by atoms with E-state index in [4.69, 9.17) is 32.5 Å². The van der Waals surface area contributed by atoms with E-state index in [1.54, 1.807) is 55.5 Å². The Labute approximate surface area is 160 Å². The first kappa shape index (κ1) is 18.2. The molecular weight excluding hydrogens is 377 g/mol. The van der Waals surface area contributed by atoms with Crippen molar-refractivity contribution in [2.45, 2.75) is 19.6 Å². The van der Waals surface area contributed by atoms with Crippen LogP contribution < -0.4 is 10.1 Å². The van der Waals surface area contributed by atoms with E-state index in [1.807, 2.05) is 0 Å². The fourth-order valence-electron chi connectivity index (χ4n) is 2.15. The summed E-state index contributed by atoms with van der Waals surface area (Å²) in [6.45, 7) is 1.74. The van der Waals surface area contributed by atoms with Gasteiger partial charge in [-0.25, -0.2) is 0 Å². The van der Waals surface area contributed by atoms with Crippen molar-refractivity contribution in [3.05, 3.63) is 64.5 Å². The molecule has 0 aliphatic heterocycles. The maximum absolute atomic E-state index is 12.1. The Balaban J connectivity index is 1.55. The van der Waals surface area contributed by atoms with Crippen molar-refractivity contribution < 1.29 is 14.1 Å². The molecule has 3 rings (SSSR count). The van der Waals surface area contributed by atoms with Crippen molar-refractivity contribution in [3.8, 4) is 17.1 Å². The highest BCUT2D eigenvalue weighted by molar-refractivity contribution is 6.30. The molecular formula is C18H15Cl2N3O3.